The molecule has 0 saturated heterocycles. The SMILES string of the molecule is CC(NC(=O)c1cc2cc(F)ccc2[nH]1)C1=CCN(C)C=C1. The molecule has 0 aliphatic carbocycles. The fourth-order valence-electron chi connectivity index (χ4n) is 2.50. The van der Waals surface area contributed by atoms with Crippen molar-refractivity contribution in [2.45, 2.75) is 13.0 Å². The molecule has 2 N–H and O–H groups in total. The molecule has 1 aliphatic heterocycles. The van der Waals surface area contributed by atoms with E-state index in [-0.39, 0.29) is 17.8 Å². The fourth-order valence-corrected chi connectivity index (χ4v) is 2.50. The molecule has 2 aromatic rings. The Hall–Kier alpha value is -2.56. The number of hydrogen-bond acceptors (Lipinski definition) is 2. The maximum absolute atomic E-state index is 13.2. The van der Waals surface area contributed by atoms with Gasteiger partial charge in [0, 0.05) is 24.5 Å². The molecular weight excluding hydrogens is 281 g/mol. The number of carbonyl (C=O) groups is 1. The van der Waals surface area contributed by atoms with Crippen LogP contribution in [-0.4, -0.2) is 35.4 Å². The normalized spacial score (nSPS) is 15.8. The van der Waals surface area contributed by atoms with Crippen molar-refractivity contribution in [3.63, 3.8) is 0 Å². The van der Waals surface area contributed by atoms with Crippen molar-refractivity contribution in [2.75, 3.05) is 13.6 Å². The van der Waals surface area contributed by atoms with E-state index in [1.807, 2.05) is 26.2 Å². The van der Waals surface area contributed by atoms with E-state index < -0.39 is 0 Å². The lowest BCUT2D eigenvalue weighted by atomic mass is 10.1. The van der Waals surface area contributed by atoms with Crippen LogP contribution in [0.5, 0.6) is 0 Å². The number of benzene rings is 1. The first-order valence-electron chi connectivity index (χ1n) is 7.20. The molecule has 0 radical (unpaired) electrons. The van der Waals surface area contributed by atoms with Gasteiger partial charge in [-0.3, -0.25) is 4.79 Å². The topological polar surface area (TPSA) is 48.1 Å². The van der Waals surface area contributed by atoms with Crippen LogP contribution < -0.4 is 5.32 Å². The van der Waals surface area contributed by atoms with E-state index in [9.17, 15) is 9.18 Å². The highest BCUT2D eigenvalue weighted by Crippen LogP contribution is 2.17. The van der Waals surface area contributed by atoms with Crippen LogP contribution in [-0.2, 0) is 0 Å². The second kappa shape index (κ2) is 5.67. The van der Waals surface area contributed by atoms with Crippen molar-refractivity contribution in [2.24, 2.45) is 0 Å². The van der Waals surface area contributed by atoms with Gasteiger partial charge < -0.3 is 15.2 Å². The second-order valence-electron chi connectivity index (χ2n) is 5.57. The van der Waals surface area contributed by atoms with Gasteiger partial charge in [-0.2, -0.15) is 0 Å². The Balaban J connectivity index is 1.74. The van der Waals surface area contributed by atoms with Crippen molar-refractivity contribution < 1.29 is 9.18 Å². The predicted molar refractivity (Wildman–Crippen MR) is 85.0 cm³/mol. The quantitative estimate of drug-likeness (QED) is 0.915. The largest absolute Gasteiger partial charge is 0.377 e. The van der Waals surface area contributed by atoms with Gasteiger partial charge in [0.05, 0.1) is 6.04 Å². The molecule has 1 atom stereocenters. The number of hydrogen-bond donors (Lipinski definition) is 2. The van der Waals surface area contributed by atoms with Crippen LogP contribution in [0.25, 0.3) is 10.9 Å². The third kappa shape index (κ3) is 2.88. The summed E-state index contributed by atoms with van der Waals surface area (Å²) in [5.41, 5.74) is 2.26. The van der Waals surface area contributed by atoms with E-state index in [1.54, 1.807) is 12.1 Å². The fraction of sp³-hybridized carbons (Fsp3) is 0.235. The maximum Gasteiger partial charge on any atom is 0.268 e. The molecule has 114 valence electrons. The van der Waals surface area contributed by atoms with Crippen molar-refractivity contribution in [3.8, 4) is 0 Å². The molecule has 1 amide bonds. The van der Waals surface area contributed by atoms with Crippen LogP contribution in [0.2, 0.25) is 0 Å². The molecule has 5 heteroatoms. The van der Waals surface area contributed by atoms with Crippen LogP contribution in [0.4, 0.5) is 4.39 Å². The predicted octanol–water partition coefficient (Wildman–Crippen LogP) is 2.81. The van der Waals surface area contributed by atoms with Crippen molar-refractivity contribution in [1.29, 1.82) is 0 Å². The Morgan fingerprint density at radius 3 is 2.95 bits per heavy atom. The molecule has 1 aromatic carbocycles. The van der Waals surface area contributed by atoms with Crippen molar-refractivity contribution in [1.82, 2.24) is 15.2 Å². The van der Waals surface area contributed by atoms with Crippen molar-refractivity contribution >= 4 is 16.8 Å². The molecular formula is C17H18FN3O. The Bertz CT molecular complexity index is 775. The van der Waals surface area contributed by atoms with E-state index in [0.717, 1.165) is 17.6 Å². The van der Waals surface area contributed by atoms with Gasteiger partial charge in [0.2, 0.25) is 0 Å². The van der Waals surface area contributed by atoms with Crippen LogP contribution in [0.15, 0.2) is 48.2 Å². The number of carbonyl (C=O) groups excluding carboxylic acids is 1. The highest BCUT2D eigenvalue weighted by molar-refractivity contribution is 5.98. The van der Waals surface area contributed by atoms with Gasteiger partial charge >= 0.3 is 0 Å². The van der Waals surface area contributed by atoms with E-state index in [2.05, 4.69) is 21.3 Å². The highest BCUT2D eigenvalue weighted by Gasteiger charge is 2.15. The monoisotopic (exact) mass is 299 g/mol. The maximum atomic E-state index is 13.2. The summed E-state index contributed by atoms with van der Waals surface area (Å²) in [7, 11) is 2.00. The van der Waals surface area contributed by atoms with E-state index >= 15 is 0 Å². The molecule has 4 nitrogen and oxygen atoms in total. The first kappa shape index (κ1) is 14.4. The smallest absolute Gasteiger partial charge is 0.268 e. The number of nitrogens with zero attached hydrogens (tertiary/aromatic N) is 1. The summed E-state index contributed by atoms with van der Waals surface area (Å²) >= 11 is 0. The highest BCUT2D eigenvalue weighted by atomic mass is 19.1. The number of halogens is 1. The van der Waals surface area contributed by atoms with Crippen LogP contribution in [0, 0.1) is 5.82 Å². The summed E-state index contributed by atoms with van der Waals surface area (Å²) in [6.45, 7) is 2.78. The molecule has 3 rings (SSSR count). The Labute approximate surface area is 128 Å². The summed E-state index contributed by atoms with van der Waals surface area (Å²) in [6, 6.07) is 6.00. The van der Waals surface area contributed by atoms with Gasteiger partial charge in [-0.05, 0) is 49.0 Å². The first-order valence-corrected chi connectivity index (χ1v) is 7.20. The zero-order valence-electron chi connectivity index (χ0n) is 12.6. The van der Waals surface area contributed by atoms with Gasteiger partial charge in [-0.1, -0.05) is 6.08 Å². The van der Waals surface area contributed by atoms with E-state index in [0.29, 0.717) is 11.1 Å². The van der Waals surface area contributed by atoms with Gasteiger partial charge in [0.1, 0.15) is 11.5 Å². The van der Waals surface area contributed by atoms with Crippen LogP contribution in [0.3, 0.4) is 0 Å². The Kier molecular flexibility index (Phi) is 3.71. The van der Waals surface area contributed by atoms with Gasteiger partial charge in [0.25, 0.3) is 5.91 Å². The van der Waals surface area contributed by atoms with E-state index in [1.165, 1.54) is 12.1 Å². The molecule has 0 fully saturated rings. The van der Waals surface area contributed by atoms with Crippen LogP contribution in [0.1, 0.15) is 17.4 Å². The van der Waals surface area contributed by atoms with Crippen LogP contribution >= 0.6 is 0 Å². The molecule has 1 unspecified atom stereocenters. The number of fused-ring (bicyclic) bond motifs is 1. The molecule has 0 bridgehead atoms. The number of likely N-dealkylation sites (N-methyl/N-ethyl adjacent to an activating group) is 1. The summed E-state index contributed by atoms with van der Waals surface area (Å²) in [6.07, 6.45) is 6.07. The lowest BCUT2D eigenvalue weighted by molar-refractivity contribution is 0.0941. The van der Waals surface area contributed by atoms with Crippen molar-refractivity contribution in [3.05, 3.63) is 59.7 Å². The molecule has 2 heterocycles. The molecule has 1 aliphatic rings. The van der Waals surface area contributed by atoms with Gasteiger partial charge in [0.15, 0.2) is 0 Å². The summed E-state index contributed by atoms with van der Waals surface area (Å²) in [5.74, 6) is -0.509. The summed E-state index contributed by atoms with van der Waals surface area (Å²) < 4.78 is 13.2. The average molecular weight is 299 g/mol. The van der Waals surface area contributed by atoms with Gasteiger partial charge in [-0.15, -0.1) is 0 Å². The first-order chi connectivity index (χ1) is 10.5. The second-order valence-corrected chi connectivity index (χ2v) is 5.57. The van der Waals surface area contributed by atoms with Gasteiger partial charge in [-0.25, -0.2) is 4.39 Å². The molecule has 22 heavy (non-hydrogen) atoms. The Morgan fingerprint density at radius 2 is 2.23 bits per heavy atom. The minimum Gasteiger partial charge on any atom is -0.377 e. The standard InChI is InChI=1S/C17H18FN3O/c1-11(12-5-7-21(2)8-6-12)19-17(22)16-10-13-9-14(18)3-4-15(13)20-16/h3-7,9-11,20H,8H2,1-2H3,(H,19,22). The number of amides is 1. The number of aromatic nitrogens is 1. The molecule has 0 spiro atoms. The lowest BCUT2D eigenvalue weighted by Gasteiger charge is -2.21. The number of H-pyrrole nitrogens is 1. The zero-order valence-corrected chi connectivity index (χ0v) is 12.6. The molecule has 0 saturated carbocycles. The average Bonchev–Trinajstić information content (AvgIpc) is 2.91. The Morgan fingerprint density at radius 1 is 1.41 bits per heavy atom. The minimum atomic E-state index is -0.312. The summed E-state index contributed by atoms with van der Waals surface area (Å²) in [5, 5.41) is 3.65. The molecule has 1 aromatic heterocycles. The third-order valence-electron chi connectivity index (χ3n) is 3.81. The summed E-state index contributed by atoms with van der Waals surface area (Å²) in [4.78, 5) is 17.4. The number of nitrogens with one attached hydrogen (secondary N) is 2. The third-order valence-corrected chi connectivity index (χ3v) is 3.81. The zero-order chi connectivity index (χ0) is 15.7. The minimum absolute atomic E-state index is 0.0828. The number of rotatable bonds is 3. The number of aromatic amines is 1. The lowest BCUT2D eigenvalue weighted by Crippen LogP contribution is -2.34. The van der Waals surface area contributed by atoms with E-state index in [4.69, 9.17) is 0 Å².